The first-order valence-corrected chi connectivity index (χ1v) is 3.41. The molecule has 0 saturated heterocycles. The van der Waals surface area contributed by atoms with Crippen molar-refractivity contribution in [3.05, 3.63) is 23.3 Å². The number of aromatic hydroxyl groups is 2. The fourth-order valence-electron chi connectivity index (χ4n) is 0.567. The average Bonchev–Trinajstić information content (AvgIpc) is 1.95. The average molecular weight is 242 g/mol. The normalized spacial score (nSPS) is 8.82. The van der Waals surface area contributed by atoms with Gasteiger partial charge in [0.15, 0.2) is 11.5 Å². The number of rotatable bonds is 1. The molecule has 1 aromatic carbocycles. The van der Waals surface area contributed by atoms with Crippen molar-refractivity contribution in [2.24, 2.45) is 0 Å². The maximum Gasteiger partial charge on any atom is 1.00 e. The minimum Gasteiger partial charge on any atom is -0.617 e. The Bertz CT molecular complexity index is 244. The van der Waals surface area contributed by atoms with Gasteiger partial charge in [0.1, 0.15) is 0 Å². The molecule has 0 saturated carbocycles. The molecule has 0 fully saturated rings. The van der Waals surface area contributed by atoms with Crippen molar-refractivity contribution in [1.29, 1.82) is 0 Å². The van der Waals surface area contributed by atoms with E-state index < -0.39 is 0 Å². The third-order valence-electron chi connectivity index (χ3n) is 1.06. The van der Waals surface area contributed by atoms with Crippen LogP contribution in [0.3, 0.4) is 0 Å². The summed E-state index contributed by atoms with van der Waals surface area (Å²) in [5, 5.41) is 24.5. The number of hydrogen-bond acceptors (Lipinski definition) is 3. The minimum absolute atomic E-state index is 0. The molecule has 0 aliphatic rings. The monoisotopic (exact) mass is 241 g/mol. The second-order valence-electron chi connectivity index (χ2n) is 1.75. The SMILES string of the molecule is [NH-]Sc1ccc(O)c(O)c1.[Rb+]. The Kier molecular flexibility index (Phi) is 6.03. The summed E-state index contributed by atoms with van der Waals surface area (Å²) in [5.41, 5.74) is 0. The molecule has 0 amide bonds. The summed E-state index contributed by atoms with van der Waals surface area (Å²) in [6.07, 6.45) is 0. The van der Waals surface area contributed by atoms with Crippen molar-refractivity contribution in [3.63, 3.8) is 0 Å². The van der Waals surface area contributed by atoms with Crippen LogP contribution in [0.25, 0.3) is 5.14 Å². The largest absolute Gasteiger partial charge is 1.00 e. The van der Waals surface area contributed by atoms with E-state index in [0.717, 1.165) is 11.9 Å². The summed E-state index contributed by atoms with van der Waals surface area (Å²) in [4.78, 5) is 0.607. The predicted molar refractivity (Wildman–Crippen MR) is 40.0 cm³/mol. The molecule has 0 radical (unpaired) electrons. The minimum atomic E-state index is -0.183. The van der Waals surface area contributed by atoms with E-state index in [1.165, 1.54) is 12.1 Å². The van der Waals surface area contributed by atoms with E-state index in [4.69, 9.17) is 15.4 Å². The molecular formula is C6H6NO2RbS. The molecule has 0 aliphatic carbocycles. The van der Waals surface area contributed by atoms with Crippen molar-refractivity contribution >= 4 is 11.9 Å². The summed E-state index contributed by atoms with van der Waals surface area (Å²) in [6, 6.07) is 4.26. The van der Waals surface area contributed by atoms with Gasteiger partial charge in [0.2, 0.25) is 0 Å². The zero-order valence-corrected chi connectivity index (χ0v) is 11.8. The zero-order valence-electron chi connectivity index (χ0n) is 6.03. The van der Waals surface area contributed by atoms with E-state index in [9.17, 15) is 0 Å². The van der Waals surface area contributed by atoms with Crippen molar-refractivity contribution in [1.82, 2.24) is 0 Å². The Morgan fingerprint density at radius 3 is 2.27 bits per heavy atom. The van der Waals surface area contributed by atoms with Crippen LogP contribution in [-0.4, -0.2) is 10.2 Å². The first-order chi connectivity index (χ1) is 4.74. The van der Waals surface area contributed by atoms with Crippen LogP contribution in [0.4, 0.5) is 0 Å². The maximum absolute atomic E-state index is 8.88. The third kappa shape index (κ3) is 3.44. The first-order valence-electron chi connectivity index (χ1n) is 2.59. The van der Waals surface area contributed by atoms with Crippen LogP contribution in [-0.2, 0) is 0 Å². The molecule has 0 aromatic heterocycles. The van der Waals surface area contributed by atoms with E-state index in [1.54, 1.807) is 6.07 Å². The quantitative estimate of drug-likeness (QED) is 0.498. The van der Waals surface area contributed by atoms with Gasteiger partial charge in [-0.1, -0.05) is 0 Å². The molecule has 11 heavy (non-hydrogen) atoms. The summed E-state index contributed by atoms with van der Waals surface area (Å²) in [7, 11) is 0. The third-order valence-corrected chi connectivity index (χ3v) is 1.55. The van der Waals surface area contributed by atoms with E-state index in [-0.39, 0.29) is 69.7 Å². The van der Waals surface area contributed by atoms with Gasteiger partial charge >= 0.3 is 58.2 Å². The maximum atomic E-state index is 8.88. The molecule has 1 aromatic rings. The Balaban J connectivity index is 0.000001000. The van der Waals surface area contributed by atoms with Gasteiger partial charge in [-0.2, -0.15) is 0 Å². The molecule has 3 nitrogen and oxygen atoms in total. The second-order valence-corrected chi connectivity index (χ2v) is 2.43. The van der Waals surface area contributed by atoms with E-state index in [0.29, 0.717) is 4.90 Å². The smallest absolute Gasteiger partial charge is 0.617 e. The summed E-state index contributed by atoms with van der Waals surface area (Å²) in [5.74, 6) is -0.338. The first kappa shape index (κ1) is 11.9. The van der Waals surface area contributed by atoms with Gasteiger partial charge in [-0.25, -0.2) is 0 Å². The van der Waals surface area contributed by atoms with Gasteiger partial charge in [0.25, 0.3) is 0 Å². The van der Waals surface area contributed by atoms with Crippen molar-refractivity contribution in [3.8, 4) is 11.5 Å². The molecule has 0 bridgehead atoms. The predicted octanol–water partition coefficient (Wildman–Crippen LogP) is -0.839. The number of phenolic OH excluding ortho intramolecular Hbond substituents is 2. The second kappa shape index (κ2) is 5.56. The van der Waals surface area contributed by atoms with Crippen LogP contribution in [0.15, 0.2) is 23.1 Å². The Labute approximate surface area is 118 Å². The molecule has 3 N–H and O–H groups in total. The molecule has 54 valence electrons. The van der Waals surface area contributed by atoms with Crippen LogP contribution in [0.1, 0.15) is 0 Å². The van der Waals surface area contributed by atoms with Gasteiger partial charge in [-0.05, 0) is 23.1 Å². The van der Waals surface area contributed by atoms with Crippen LogP contribution in [0.5, 0.6) is 11.5 Å². The molecule has 0 spiro atoms. The van der Waals surface area contributed by atoms with Crippen molar-refractivity contribution in [2.75, 3.05) is 0 Å². The molecule has 0 heterocycles. The zero-order chi connectivity index (χ0) is 7.56. The van der Waals surface area contributed by atoms with E-state index in [2.05, 4.69) is 0 Å². The Hall–Kier alpha value is 0.935. The Morgan fingerprint density at radius 2 is 1.82 bits per heavy atom. The summed E-state index contributed by atoms with van der Waals surface area (Å²) < 4.78 is 0. The molecule has 0 unspecified atom stereocenters. The number of benzene rings is 1. The van der Waals surface area contributed by atoms with Gasteiger partial charge in [-0.3, -0.25) is 11.9 Å². The van der Waals surface area contributed by atoms with Gasteiger partial charge < -0.3 is 15.4 Å². The van der Waals surface area contributed by atoms with Crippen LogP contribution >= 0.6 is 11.9 Å². The summed E-state index contributed by atoms with van der Waals surface area (Å²) >= 11 is 0.771. The number of phenols is 2. The number of nitrogens with one attached hydrogen (secondary N) is 1. The number of hydrogen-bond donors (Lipinski definition) is 2. The fourth-order valence-corrected chi connectivity index (χ4v) is 0.873. The molecular weight excluding hydrogens is 236 g/mol. The van der Waals surface area contributed by atoms with Gasteiger partial charge in [0, 0.05) is 0 Å². The molecule has 5 heteroatoms. The molecule has 0 atom stereocenters. The van der Waals surface area contributed by atoms with Crippen LogP contribution in [0, 0.1) is 0 Å². The Morgan fingerprint density at radius 1 is 1.18 bits per heavy atom. The topological polar surface area (TPSA) is 64.3 Å². The summed E-state index contributed by atoms with van der Waals surface area (Å²) in [6.45, 7) is 0. The van der Waals surface area contributed by atoms with Crippen molar-refractivity contribution in [2.45, 2.75) is 4.90 Å². The standard InChI is InChI=1S/C6H6NO2S.Rb/c7-10-4-1-2-5(8)6(9)3-4;/h1-3,7-9H;/q-1;+1. The molecule has 0 aliphatic heterocycles. The van der Waals surface area contributed by atoms with Gasteiger partial charge in [-0.15, -0.1) is 0 Å². The molecule has 1 rings (SSSR count). The van der Waals surface area contributed by atoms with Crippen molar-refractivity contribution < 1.29 is 68.4 Å². The fraction of sp³-hybridized carbons (Fsp3) is 0. The van der Waals surface area contributed by atoms with Gasteiger partial charge in [0.05, 0.1) is 0 Å². The van der Waals surface area contributed by atoms with E-state index in [1.807, 2.05) is 0 Å². The van der Waals surface area contributed by atoms with Crippen LogP contribution < -0.4 is 58.2 Å². The van der Waals surface area contributed by atoms with Crippen LogP contribution in [0.2, 0.25) is 0 Å². The van der Waals surface area contributed by atoms with E-state index >= 15 is 0 Å².